The number of anilines is 2. The Morgan fingerprint density at radius 2 is 2.16 bits per heavy atom. The third kappa shape index (κ3) is 5.83. The van der Waals surface area contributed by atoms with E-state index in [0.717, 1.165) is 28.2 Å². The minimum Gasteiger partial charge on any atom is -0.481 e. The molecule has 0 bridgehead atoms. The van der Waals surface area contributed by atoms with Crippen molar-refractivity contribution in [2.75, 3.05) is 11.9 Å². The first-order chi connectivity index (χ1) is 17.9. The van der Waals surface area contributed by atoms with E-state index in [1.54, 1.807) is 24.4 Å². The van der Waals surface area contributed by atoms with Gasteiger partial charge < -0.3 is 14.8 Å². The minimum atomic E-state index is -0.834. The molecule has 0 radical (unpaired) electrons. The number of Topliss-reactive ketones (excluding diaryl/α,β-unsaturated/α-hetero) is 1. The van der Waals surface area contributed by atoms with Crippen molar-refractivity contribution in [3.05, 3.63) is 69.1 Å². The number of carbonyl (C=O) groups excluding carboxylic acids is 1. The van der Waals surface area contributed by atoms with Crippen LogP contribution in [0.2, 0.25) is 5.02 Å². The van der Waals surface area contributed by atoms with E-state index in [2.05, 4.69) is 15.3 Å². The van der Waals surface area contributed by atoms with Gasteiger partial charge in [-0.1, -0.05) is 29.8 Å². The van der Waals surface area contributed by atoms with Crippen LogP contribution in [0.25, 0.3) is 11.1 Å². The van der Waals surface area contributed by atoms with Crippen LogP contribution < -0.4 is 5.32 Å². The van der Waals surface area contributed by atoms with Crippen molar-refractivity contribution in [1.29, 1.82) is 0 Å². The fourth-order valence-electron chi connectivity index (χ4n) is 4.28. The number of rotatable bonds is 10. The number of aromatic nitrogens is 2. The third-order valence-corrected chi connectivity index (χ3v) is 7.56. The normalized spacial score (nSPS) is 16.8. The molecule has 11 heteroatoms. The molecule has 0 spiro atoms. The van der Waals surface area contributed by atoms with Gasteiger partial charge in [-0.3, -0.25) is 14.4 Å². The predicted octanol–water partition coefficient (Wildman–Crippen LogP) is 6.10. The Morgan fingerprint density at radius 1 is 1.32 bits per heavy atom. The van der Waals surface area contributed by atoms with Crippen molar-refractivity contribution in [2.24, 2.45) is 0 Å². The molecule has 2 aromatic carbocycles. The number of carboxylic acids is 1. The van der Waals surface area contributed by atoms with Crippen LogP contribution in [0.5, 0.6) is 0 Å². The summed E-state index contributed by atoms with van der Waals surface area (Å²) in [7, 11) is 0. The fourth-order valence-corrected chi connectivity index (χ4v) is 5.57. The average molecular weight is 541 g/mol. The highest BCUT2D eigenvalue weighted by Crippen LogP contribution is 2.38. The molecule has 0 amide bonds. The zero-order valence-electron chi connectivity index (χ0n) is 20.0. The second-order valence-corrected chi connectivity index (χ2v) is 10.4. The number of oxazole rings is 1. The Bertz CT molecular complexity index is 1400. The predicted molar refractivity (Wildman–Crippen MR) is 140 cm³/mol. The number of para-hydroxylation sites is 2. The first-order valence-electron chi connectivity index (χ1n) is 11.9. The Labute approximate surface area is 222 Å². The van der Waals surface area contributed by atoms with E-state index in [0.29, 0.717) is 40.8 Å². The first kappa shape index (κ1) is 25.3. The number of aliphatic carboxylic acids is 1. The Kier molecular flexibility index (Phi) is 7.52. The lowest BCUT2D eigenvalue weighted by molar-refractivity contribution is -0.209. The van der Waals surface area contributed by atoms with Gasteiger partial charge in [-0.05, 0) is 56.0 Å². The quantitative estimate of drug-likeness (QED) is 0.246. The molecular formula is C26H25ClN4O5S. The van der Waals surface area contributed by atoms with Gasteiger partial charge in [0, 0.05) is 17.6 Å². The smallest absolute Gasteiger partial charge is 0.303 e. The topological polar surface area (TPSA) is 118 Å². The van der Waals surface area contributed by atoms with Crippen molar-refractivity contribution >= 4 is 57.5 Å². The summed E-state index contributed by atoms with van der Waals surface area (Å²) in [6.45, 7) is 2.14. The molecule has 37 heavy (non-hydrogen) atoms. The molecule has 1 aliphatic rings. The van der Waals surface area contributed by atoms with Crippen LogP contribution in [-0.2, 0) is 20.8 Å². The van der Waals surface area contributed by atoms with E-state index >= 15 is 0 Å². The van der Waals surface area contributed by atoms with Crippen molar-refractivity contribution < 1.29 is 24.0 Å². The number of halogens is 1. The molecule has 1 saturated heterocycles. The van der Waals surface area contributed by atoms with Gasteiger partial charge in [-0.2, -0.15) is 10.0 Å². The summed E-state index contributed by atoms with van der Waals surface area (Å²) in [6.07, 6.45) is 3.14. The number of carbonyl (C=O) groups is 2. The average Bonchev–Trinajstić information content (AvgIpc) is 3.61. The number of ketones is 1. The molecule has 1 unspecified atom stereocenters. The van der Waals surface area contributed by atoms with Gasteiger partial charge in [0.1, 0.15) is 10.5 Å². The number of nitrogens with one attached hydrogen (secondary N) is 1. The van der Waals surface area contributed by atoms with E-state index in [1.165, 1.54) is 18.3 Å². The van der Waals surface area contributed by atoms with Gasteiger partial charge in [0.2, 0.25) is 0 Å². The molecule has 0 aliphatic carbocycles. The molecule has 192 valence electrons. The van der Waals surface area contributed by atoms with Crippen molar-refractivity contribution in [1.82, 2.24) is 15.0 Å². The SMILES string of the molecule is CC(=O)C(ON1CCC[C@H]1c1ncc(CCC(=O)O)s1)c1ccc(Nc2nc3ccccc3o2)c(Cl)c1. The van der Waals surface area contributed by atoms with Crippen LogP contribution in [0.15, 0.2) is 53.1 Å². The van der Waals surface area contributed by atoms with E-state index in [-0.39, 0.29) is 18.2 Å². The molecule has 2 N–H and O–H groups in total. The Hall–Kier alpha value is -3.31. The van der Waals surface area contributed by atoms with Gasteiger partial charge in [0.15, 0.2) is 17.5 Å². The Balaban J connectivity index is 1.30. The summed E-state index contributed by atoms with van der Waals surface area (Å²) in [4.78, 5) is 39.6. The summed E-state index contributed by atoms with van der Waals surface area (Å²) < 4.78 is 5.71. The van der Waals surface area contributed by atoms with E-state index < -0.39 is 12.1 Å². The first-order valence-corrected chi connectivity index (χ1v) is 13.1. The van der Waals surface area contributed by atoms with Gasteiger partial charge in [0.25, 0.3) is 6.01 Å². The second kappa shape index (κ2) is 11.0. The second-order valence-electron chi connectivity index (χ2n) is 8.80. The van der Waals surface area contributed by atoms with E-state index in [4.69, 9.17) is 26.0 Å². The lowest BCUT2D eigenvalue weighted by Crippen LogP contribution is -2.28. The van der Waals surface area contributed by atoms with Gasteiger partial charge in [-0.25, -0.2) is 4.98 Å². The number of hydrogen-bond donors (Lipinski definition) is 2. The lowest BCUT2D eigenvalue weighted by Gasteiger charge is -2.27. The number of hydrogen-bond acceptors (Lipinski definition) is 9. The van der Waals surface area contributed by atoms with Gasteiger partial charge in [0.05, 0.1) is 23.2 Å². The molecule has 3 heterocycles. The molecule has 2 atom stereocenters. The fraction of sp³-hybridized carbons (Fsp3) is 0.308. The monoisotopic (exact) mass is 540 g/mol. The summed E-state index contributed by atoms with van der Waals surface area (Å²) >= 11 is 8.05. The van der Waals surface area contributed by atoms with Gasteiger partial charge in [-0.15, -0.1) is 11.3 Å². The van der Waals surface area contributed by atoms with Crippen LogP contribution >= 0.6 is 22.9 Å². The number of thiazole rings is 1. The van der Waals surface area contributed by atoms with Crippen LogP contribution in [0.4, 0.5) is 11.7 Å². The minimum absolute atomic E-state index is 0.0664. The van der Waals surface area contributed by atoms with Crippen LogP contribution in [-0.4, -0.2) is 38.4 Å². The molecule has 4 aromatic rings. The van der Waals surface area contributed by atoms with Crippen LogP contribution in [0.3, 0.4) is 0 Å². The molecule has 2 aromatic heterocycles. The highest BCUT2D eigenvalue weighted by molar-refractivity contribution is 7.11. The number of carboxylic acid groups (broad SMARTS) is 1. The number of nitrogens with zero attached hydrogens (tertiary/aromatic N) is 3. The molecule has 1 aliphatic heterocycles. The molecular weight excluding hydrogens is 516 g/mol. The summed E-state index contributed by atoms with van der Waals surface area (Å²) in [6, 6.07) is 12.9. The number of fused-ring (bicyclic) bond motifs is 1. The number of benzene rings is 2. The maximum atomic E-state index is 12.6. The molecule has 0 saturated carbocycles. The summed E-state index contributed by atoms with van der Waals surface area (Å²) in [5.41, 5.74) is 2.62. The zero-order valence-corrected chi connectivity index (χ0v) is 21.6. The largest absolute Gasteiger partial charge is 0.481 e. The standard InChI is InChI=1S/C26H25ClN4O5S/c1-15(32)24(36-31-12-4-6-21(31)25-28-14-17(37-25)9-11-23(33)34)16-8-10-19(18(27)13-16)29-26-30-20-5-2-3-7-22(20)35-26/h2-3,5,7-8,10,13-14,21,24H,4,6,9,11-12H2,1H3,(H,29,30)(H,33,34)/t21-,24?/m0/s1. The van der Waals surface area contributed by atoms with Crippen LogP contribution in [0, 0.1) is 0 Å². The maximum absolute atomic E-state index is 12.6. The Morgan fingerprint density at radius 3 is 2.92 bits per heavy atom. The van der Waals surface area contributed by atoms with Crippen LogP contribution in [0.1, 0.15) is 53.8 Å². The van der Waals surface area contributed by atoms with E-state index in [1.807, 2.05) is 29.3 Å². The molecule has 1 fully saturated rings. The maximum Gasteiger partial charge on any atom is 0.303 e. The number of hydroxylamine groups is 2. The van der Waals surface area contributed by atoms with E-state index in [9.17, 15) is 9.59 Å². The van der Waals surface area contributed by atoms with Crippen molar-refractivity contribution in [3.63, 3.8) is 0 Å². The molecule has 5 rings (SSSR count). The summed E-state index contributed by atoms with van der Waals surface area (Å²) in [5.74, 6) is -0.985. The molecule has 9 nitrogen and oxygen atoms in total. The zero-order chi connectivity index (χ0) is 25.9. The highest BCUT2D eigenvalue weighted by Gasteiger charge is 2.33. The van der Waals surface area contributed by atoms with Crippen molar-refractivity contribution in [2.45, 2.75) is 44.8 Å². The highest BCUT2D eigenvalue weighted by atomic mass is 35.5. The number of aryl methyl sites for hydroxylation is 1. The van der Waals surface area contributed by atoms with Crippen molar-refractivity contribution in [3.8, 4) is 0 Å². The lowest BCUT2D eigenvalue weighted by atomic mass is 10.1. The summed E-state index contributed by atoms with van der Waals surface area (Å²) in [5, 5.41) is 15.1. The third-order valence-electron chi connectivity index (χ3n) is 6.09. The van der Waals surface area contributed by atoms with Gasteiger partial charge >= 0.3 is 5.97 Å².